The van der Waals surface area contributed by atoms with Crippen molar-refractivity contribution in [2.45, 2.75) is 18.8 Å². The largest absolute Gasteiger partial charge is 0.436 e. The molecule has 0 bridgehead atoms. The summed E-state index contributed by atoms with van der Waals surface area (Å²) in [6, 6.07) is 4.60. The van der Waals surface area contributed by atoms with E-state index in [0.717, 1.165) is 36.5 Å². The lowest BCUT2D eigenvalue weighted by molar-refractivity contribution is -0.228. The van der Waals surface area contributed by atoms with Gasteiger partial charge >= 0.3 is 6.18 Å². The van der Waals surface area contributed by atoms with Gasteiger partial charge in [0.05, 0.1) is 0 Å². The normalized spacial score (nSPS) is 14.0. The number of hydrogen-bond donors (Lipinski definition) is 1. The summed E-state index contributed by atoms with van der Waals surface area (Å²) >= 11 is 0. The van der Waals surface area contributed by atoms with Gasteiger partial charge < -0.3 is 9.84 Å². The van der Waals surface area contributed by atoms with Gasteiger partial charge in [-0.3, -0.25) is 4.79 Å². The van der Waals surface area contributed by atoms with E-state index in [1.807, 2.05) is 0 Å². The topological polar surface area (TPSA) is 59.4 Å². The molecule has 0 saturated heterocycles. The minimum absolute atomic E-state index is 0.0747. The lowest BCUT2D eigenvalue weighted by atomic mass is 9.97. The SMILES string of the molecule is CC(F)(c1ccc(Oc2ncc(C(=O)CO)cc2F)cc1)C(F)(F)F. The Balaban J connectivity index is 2.21. The number of carbonyl (C=O) groups is 1. The van der Waals surface area contributed by atoms with Gasteiger partial charge in [0.15, 0.2) is 11.6 Å². The van der Waals surface area contributed by atoms with Crippen LogP contribution in [0.4, 0.5) is 22.0 Å². The van der Waals surface area contributed by atoms with E-state index in [9.17, 15) is 26.7 Å². The lowest BCUT2D eigenvalue weighted by Crippen LogP contribution is -2.34. The number of aliphatic hydroxyl groups excluding tert-OH is 1. The van der Waals surface area contributed by atoms with Gasteiger partial charge in [-0.1, -0.05) is 12.1 Å². The van der Waals surface area contributed by atoms with Crippen LogP contribution in [0.1, 0.15) is 22.8 Å². The Kier molecular flexibility index (Phi) is 5.07. The zero-order valence-corrected chi connectivity index (χ0v) is 12.8. The van der Waals surface area contributed by atoms with E-state index in [1.54, 1.807) is 0 Å². The fraction of sp³-hybridized carbons (Fsp3) is 0.250. The van der Waals surface area contributed by atoms with E-state index >= 15 is 0 Å². The molecule has 1 heterocycles. The predicted octanol–water partition coefficient (Wildman–Crippen LogP) is 3.94. The van der Waals surface area contributed by atoms with Crippen LogP contribution >= 0.6 is 0 Å². The second-order valence-electron chi connectivity index (χ2n) is 5.22. The number of halogens is 5. The first kappa shape index (κ1) is 18.8. The van der Waals surface area contributed by atoms with E-state index in [1.165, 1.54) is 0 Å². The lowest BCUT2D eigenvalue weighted by Gasteiger charge is -2.24. The molecule has 0 aliphatic heterocycles. The van der Waals surface area contributed by atoms with Gasteiger partial charge in [0.25, 0.3) is 5.88 Å². The van der Waals surface area contributed by atoms with Crippen molar-refractivity contribution in [2.24, 2.45) is 0 Å². The third-order valence-corrected chi connectivity index (χ3v) is 3.42. The van der Waals surface area contributed by atoms with Gasteiger partial charge in [-0.05, 0) is 30.7 Å². The summed E-state index contributed by atoms with van der Waals surface area (Å²) in [7, 11) is 0. The van der Waals surface area contributed by atoms with Crippen LogP contribution in [-0.4, -0.2) is 28.7 Å². The number of aromatic nitrogens is 1. The Bertz CT molecular complexity index is 772. The van der Waals surface area contributed by atoms with Crippen LogP contribution in [0.5, 0.6) is 11.6 Å². The maximum atomic E-state index is 13.8. The molecule has 0 fully saturated rings. The highest BCUT2D eigenvalue weighted by Gasteiger charge is 2.53. The van der Waals surface area contributed by atoms with E-state index in [4.69, 9.17) is 9.84 Å². The van der Waals surface area contributed by atoms with Crippen molar-refractivity contribution in [2.75, 3.05) is 6.61 Å². The number of hydrogen-bond acceptors (Lipinski definition) is 4. The van der Waals surface area contributed by atoms with Crippen LogP contribution in [0.2, 0.25) is 0 Å². The summed E-state index contributed by atoms with van der Waals surface area (Å²) in [4.78, 5) is 14.8. The zero-order chi connectivity index (χ0) is 18.8. The molecule has 9 heteroatoms. The minimum Gasteiger partial charge on any atom is -0.436 e. The third-order valence-electron chi connectivity index (χ3n) is 3.42. The highest BCUT2D eigenvalue weighted by atomic mass is 19.4. The van der Waals surface area contributed by atoms with Crippen LogP contribution in [-0.2, 0) is 5.67 Å². The summed E-state index contributed by atoms with van der Waals surface area (Å²) in [5.74, 6) is -2.35. The number of carbonyl (C=O) groups excluding carboxylic acids is 1. The fourth-order valence-electron chi connectivity index (χ4n) is 1.86. The number of ketones is 1. The molecule has 4 nitrogen and oxygen atoms in total. The van der Waals surface area contributed by atoms with Crippen molar-refractivity contribution < 1.29 is 36.6 Å². The van der Waals surface area contributed by atoms with Gasteiger partial charge in [0.2, 0.25) is 5.67 Å². The molecule has 1 atom stereocenters. The van der Waals surface area contributed by atoms with Gasteiger partial charge in [0.1, 0.15) is 12.4 Å². The van der Waals surface area contributed by atoms with E-state index in [-0.39, 0.29) is 11.3 Å². The molecular formula is C16H12F5NO3. The molecule has 2 rings (SSSR count). The summed E-state index contributed by atoms with van der Waals surface area (Å²) in [6.07, 6.45) is -4.11. The van der Waals surface area contributed by atoms with Crippen molar-refractivity contribution in [1.82, 2.24) is 4.98 Å². The molecule has 0 amide bonds. The molecule has 0 spiro atoms. The van der Waals surface area contributed by atoms with Crippen LogP contribution < -0.4 is 4.74 Å². The first-order valence-electron chi connectivity index (χ1n) is 6.90. The molecule has 134 valence electrons. The van der Waals surface area contributed by atoms with Gasteiger partial charge in [-0.2, -0.15) is 13.2 Å². The minimum atomic E-state index is -5.09. The summed E-state index contributed by atoms with van der Waals surface area (Å²) in [5.41, 5.74) is -4.34. The monoisotopic (exact) mass is 361 g/mol. The van der Waals surface area contributed by atoms with E-state index in [0.29, 0.717) is 6.92 Å². The van der Waals surface area contributed by atoms with E-state index < -0.39 is 41.5 Å². The number of ether oxygens (including phenoxy) is 1. The number of benzene rings is 1. The zero-order valence-electron chi connectivity index (χ0n) is 12.8. The van der Waals surface area contributed by atoms with Crippen molar-refractivity contribution in [3.63, 3.8) is 0 Å². The molecule has 1 aromatic heterocycles. The molecule has 25 heavy (non-hydrogen) atoms. The average molecular weight is 361 g/mol. The Morgan fingerprint density at radius 2 is 1.80 bits per heavy atom. The average Bonchev–Trinajstić information content (AvgIpc) is 2.55. The molecule has 0 radical (unpaired) electrons. The third kappa shape index (κ3) is 3.93. The number of aliphatic hydroxyl groups is 1. The Morgan fingerprint density at radius 3 is 2.28 bits per heavy atom. The van der Waals surface area contributed by atoms with E-state index in [2.05, 4.69) is 4.98 Å². The molecule has 0 aliphatic rings. The van der Waals surface area contributed by atoms with Crippen LogP contribution in [0.3, 0.4) is 0 Å². The molecular weight excluding hydrogens is 349 g/mol. The molecule has 0 aliphatic carbocycles. The summed E-state index contributed by atoms with van der Waals surface area (Å²) in [5, 5.41) is 8.69. The second kappa shape index (κ2) is 6.75. The van der Waals surface area contributed by atoms with Crippen molar-refractivity contribution in [3.05, 3.63) is 53.5 Å². The Hall–Kier alpha value is -2.55. The smallest absolute Gasteiger partial charge is 0.426 e. The first-order valence-corrected chi connectivity index (χ1v) is 6.90. The number of Topliss-reactive ketones (excluding diaryl/α,β-unsaturated/α-hetero) is 1. The summed E-state index contributed by atoms with van der Waals surface area (Å²) in [6.45, 7) is -0.426. The van der Waals surface area contributed by atoms with Gasteiger partial charge in [-0.25, -0.2) is 13.8 Å². The highest BCUT2D eigenvalue weighted by Crippen LogP contribution is 2.42. The first-order chi connectivity index (χ1) is 11.6. The van der Waals surface area contributed by atoms with Crippen molar-refractivity contribution in [1.29, 1.82) is 0 Å². The molecule has 2 aromatic rings. The van der Waals surface area contributed by atoms with Crippen LogP contribution in [0, 0.1) is 5.82 Å². The van der Waals surface area contributed by atoms with Crippen molar-refractivity contribution >= 4 is 5.78 Å². The number of rotatable bonds is 5. The predicted molar refractivity (Wildman–Crippen MR) is 76.6 cm³/mol. The molecule has 0 saturated carbocycles. The summed E-state index contributed by atoms with van der Waals surface area (Å²) < 4.78 is 70.6. The quantitative estimate of drug-likeness (QED) is 0.648. The Labute approximate surface area is 138 Å². The number of pyridine rings is 1. The molecule has 1 N–H and O–H groups in total. The van der Waals surface area contributed by atoms with Gasteiger partial charge in [-0.15, -0.1) is 0 Å². The fourth-order valence-corrected chi connectivity index (χ4v) is 1.86. The van der Waals surface area contributed by atoms with Gasteiger partial charge in [0, 0.05) is 11.8 Å². The maximum absolute atomic E-state index is 13.8. The second-order valence-corrected chi connectivity index (χ2v) is 5.22. The van der Waals surface area contributed by atoms with Crippen LogP contribution in [0.15, 0.2) is 36.5 Å². The standard InChI is InChI=1S/C16H12F5NO3/c1-15(18,16(19,20)21)10-2-4-11(5-3-10)25-14-12(17)6-9(7-22-14)13(24)8-23/h2-7,23H,8H2,1H3. The number of nitrogens with zero attached hydrogens (tertiary/aromatic N) is 1. The molecule has 1 aromatic carbocycles. The highest BCUT2D eigenvalue weighted by molar-refractivity contribution is 5.96. The van der Waals surface area contributed by atoms with Crippen LogP contribution in [0.25, 0.3) is 0 Å². The maximum Gasteiger partial charge on any atom is 0.426 e. The molecule has 1 unspecified atom stereocenters. The Morgan fingerprint density at radius 1 is 1.20 bits per heavy atom. The van der Waals surface area contributed by atoms with Crippen molar-refractivity contribution in [3.8, 4) is 11.6 Å². The number of alkyl halides is 4.